The molecule has 0 aromatic heterocycles. The van der Waals surface area contributed by atoms with Crippen LogP contribution in [-0.2, 0) is 9.47 Å². The second-order valence-electron chi connectivity index (χ2n) is 6.70. The van der Waals surface area contributed by atoms with Crippen molar-refractivity contribution in [3.8, 4) is 0 Å². The third kappa shape index (κ3) is 2.29. The van der Waals surface area contributed by atoms with Crippen LogP contribution in [-0.4, -0.2) is 44.1 Å². The quantitative estimate of drug-likeness (QED) is 0.683. The van der Waals surface area contributed by atoms with Gasteiger partial charge in [0, 0.05) is 39.1 Å². The van der Waals surface area contributed by atoms with Crippen molar-refractivity contribution in [2.75, 3.05) is 13.2 Å². The summed E-state index contributed by atoms with van der Waals surface area (Å²) in [5, 5.41) is 0.286. The third-order valence-corrected chi connectivity index (χ3v) is 9.66. The SMILES string of the molecule is CC(C)(C1([SiH3])CCCCO1)C1([SiH3])CCCCO1. The molecule has 0 aromatic rings. The number of hydrogen-bond acceptors (Lipinski definition) is 2. The van der Waals surface area contributed by atoms with Crippen molar-refractivity contribution < 1.29 is 9.47 Å². The highest BCUT2D eigenvalue weighted by Gasteiger charge is 2.54. The molecular formula is C13H28O2Si2. The second kappa shape index (κ2) is 4.80. The topological polar surface area (TPSA) is 18.5 Å². The molecule has 17 heavy (non-hydrogen) atoms. The first-order valence-electron chi connectivity index (χ1n) is 7.19. The molecule has 2 aliphatic rings. The molecule has 2 saturated heterocycles. The lowest BCUT2D eigenvalue weighted by Crippen LogP contribution is -2.63. The first-order chi connectivity index (χ1) is 7.91. The van der Waals surface area contributed by atoms with Gasteiger partial charge >= 0.3 is 0 Å². The molecule has 0 aromatic carbocycles. The van der Waals surface area contributed by atoms with E-state index in [2.05, 4.69) is 13.8 Å². The zero-order valence-corrected chi connectivity index (χ0v) is 16.0. The average Bonchev–Trinajstić information content (AvgIpc) is 2.30. The molecule has 0 spiro atoms. The first-order valence-corrected chi connectivity index (χ1v) is 9.19. The Bertz CT molecular complexity index is 241. The molecule has 100 valence electrons. The Hall–Kier alpha value is 0.354. The normalized spacial score (nSPS) is 40.6. The minimum Gasteiger partial charge on any atom is -0.379 e. The van der Waals surface area contributed by atoms with Crippen molar-refractivity contribution in [1.29, 1.82) is 0 Å². The Labute approximate surface area is 112 Å². The van der Waals surface area contributed by atoms with E-state index in [0.717, 1.165) is 33.7 Å². The van der Waals surface area contributed by atoms with Crippen LogP contribution in [0.2, 0.25) is 0 Å². The molecule has 0 amide bonds. The predicted octanol–water partition coefficient (Wildman–Crippen LogP) is 0.537. The summed E-state index contributed by atoms with van der Waals surface area (Å²) in [5.41, 5.74) is 0.194. The van der Waals surface area contributed by atoms with Crippen LogP contribution in [0, 0.1) is 5.41 Å². The zero-order chi connectivity index (χ0) is 12.6. The van der Waals surface area contributed by atoms with Gasteiger partial charge in [-0.1, -0.05) is 13.8 Å². The molecule has 0 bridgehead atoms. The summed E-state index contributed by atoms with van der Waals surface area (Å²) in [6.45, 7) is 6.74. The molecule has 2 aliphatic heterocycles. The van der Waals surface area contributed by atoms with E-state index in [-0.39, 0.29) is 15.9 Å². The average molecular weight is 273 g/mol. The summed E-state index contributed by atoms with van der Waals surface area (Å²) in [5.74, 6) is 0. The maximum atomic E-state index is 6.25. The molecule has 0 aliphatic carbocycles. The van der Waals surface area contributed by atoms with Crippen LogP contribution in [0.1, 0.15) is 52.4 Å². The molecule has 0 radical (unpaired) electrons. The summed E-state index contributed by atoms with van der Waals surface area (Å²) in [7, 11) is 2.25. The van der Waals surface area contributed by atoms with Crippen molar-refractivity contribution >= 4 is 20.5 Å². The standard InChI is InChI=1S/C13H28O2Si2/c1-11(2,12(16)7-3-5-9-14-12)13(17)8-4-6-10-15-13/h3-10H2,1-2,16-17H3. The Kier molecular flexibility index (Phi) is 3.89. The van der Waals surface area contributed by atoms with Gasteiger partial charge in [-0.2, -0.15) is 0 Å². The van der Waals surface area contributed by atoms with Gasteiger partial charge in [-0.25, -0.2) is 0 Å². The lowest BCUT2D eigenvalue weighted by atomic mass is 9.73. The van der Waals surface area contributed by atoms with Crippen LogP contribution in [0.4, 0.5) is 0 Å². The maximum Gasteiger partial charge on any atom is 0.0558 e. The van der Waals surface area contributed by atoms with Crippen LogP contribution in [0.5, 0.6) is 0 Å². The first kappa shape index (κ1) is 13.8. The van der Waals surface area contributed by atoms with Crippen molar-refractivity contribution in [3.63, 3.8) is 0 Å². The number of ether oxygens (including phenoxy) is 2. The minimum absolute atomic E-state index is 0.143. The fourth-order valence-electron chi connectivity index (χ4n) is 3.41. The van der Waals surface area contributed by atoms with Crippen molar-refractivity contribution in [1.82, 2.24) is 0 Å². The molecular weight excluding hydrogens is 244 g/mol. The fourth-order valence-corrected chi connectivity index (χ4v) is 6.09. The Morgan fingerprint density at radius 1 is 0.824 bits per heavy atom. The van der Waals surface area contributed by atoms with E-state index < -0.39 is 0 Å². The highest BCUT2D eigenvalue weighted by Crippen LogP contribution is 2.49. The van der Waals surface area contributed by atoms with Crippen LogP contribution < -0.4 is 0 Å². The number of hydrogen-bond donors (Lipinski definition) is 0. The summed E-state index contributed by atoms with van der Waals surface area (Å²) >= 11 is 0. The van der Waals surface area contributed by atoms with Gasteiger partial charge in [0.25, 0.3) is 0 Å². The Balaban J connectivity index is 2.20. The summed E-state index contributed by atoms with van der Waals surface area (Å²) in [4.78, 5) is 0. The van der Waals surface area contributed by atoms with E-state index in [4.69, 9.17) is 9.47 Å². The summed E-state index contributed by atoms with van der Waals surface area (Å²) in [6, 6.07) is 0. The highest BCUT2D eigenvalue weighted by atomic mass is 28.2. The summed E-state index contributed by atoms with van der Waals surface area (Å²) < 4.78 is 12.5. The summed E-state index contributed by atoms with van der Waals surface area (Å²) in [6.07, 6.45) is 7.67. The van der Waals surface area contributed by atoms with E-state index in [0.29, 0.717) is 0 Å². The Morgan fingerprint density at radius 2 is 1.24 bits per heavy atom. The van der Waals surface area contributed by atoms with E-state index in [1.807, 2.05) is 0 Å². The Morgan fingerprint density at radius 3 is 1.53 bits per heavy atom. The second-order valence-corrected chi connectivity index (χ2v) is 9.93. The van der Waals surface area contributed by atoms with E-state index >= 15 is 0 Å². The van der Waals surface area contributed by atoms with Gasteiger partial charge in [-0.15, -0.1) is 0 Å². The van der Waals surface area contributed by atoms with Gasteiger partial charge in [0.2, 0.25) is 0 Å². The van der Waals surface area contributed by atoms with Crippen LogP contribution in [0.3, 0.4) is 0 Å². The fraction of sp³-hybridized carbons (Fsp3) is 1.00. The van der Waals surface area contributed by atoms with Gasteiger partial charge in [-0.05, 0) is 38.5 Å². The van der Waals surface area contributed by atoms with Crippen molar-refractivity contribution in [2.45, 2.75) is 62.8 Å². The lowest BCUT2D eigenvalue weighted by Gasteiger charge is -2.57. The largest absolute Gasteiger partial charge is 0.379 e. The molecule has 2 nitrogen and oxygen atoms in total. The molecule has 2 atom stereocenters. The van der Waals surface area contributed by atoms with Gasteiger partial charge in [0.15, 0.2) is 0 Å². The molecule has 0 saturated carbocycles. The molecule has 0 N–H and O–H groups in total. The van der Waals surface area contributed by atoms with Gasteiger partial charge in [0.1, 0.15) is 0 Å². The maximum absolute atomic E-state index is 6.25. The molecule has 2 fully saturated rings. The zero-order valence-electron chi connectivity index (χ0n) is 12.0. The van der Waals surface area contributed by atoms with E-state index in [1.54, 1.807) is 0 Å². The molecule has 2 heterocycles. The van der Waals surface area contributed by atoms with Gasteiger partial charge in [-0.3, -0.25) is 0 Å². The predicted molar refractivity (Wildman–Crippen MR) is 78.7 cm³/mol. The number of rotatable bonds is 2. The van der Waals surface area contributed by atoms with Crippen LogP contribution in [0.25, 0.3) is 0 Å². The van der Waals surface area contributed by atoms with Crippen molar-refractivity contribution in [3.05, 3.63) is 0 Å². The van der Waals surface area contributed by atoms with Gasteiger partial charge < -0.3 is 9.47 Å². The van der Waals surface area contributed by atoms with E-state index in [1.165, 1.54) is 38.5 Å². The highest BCUT2D eigenvalue weighted by molar-refractivity contribution is 6.19. The minimum atomic E-state index is 0.143. The monoisotopic (exact) mass is 272 g/mol. The molecule has 2 rings (SSSR count). The van der Waals surface area contributed by atoms with Gasteiger partial charge in [0.05, 0.1) is 10.4 Å². The molecule has 4 heteroatoms. The third-order valence-electron chi connectivity index (χ3n) is 5.58. The van der Waals surface area contributed by atoms with Crippen molar-refractivity contribution in [2.24, 2.45) is 5.41 Å². The lowest BCUT2D eigenvalue weighted by molar-refractivity contribution is -0.179. The smallest absolute Gasteiger partial charge is 0.0558 e. The van der Waals surface area contributed by atoms with Crippen LogP contribution in [0.15, 0.2) is 0 Å². The molecule has 2 unspecified atom stereocenters. The van der Waals surface area contributed by atoms with Crippen LogP contribution >= 0.6 is 0 Å². The van der Waals surface area contributed by atoms with E-state index in [9.17, 15) is 0 Å².